The zero-order chi connectivity index (χ0) is 21.4. The van der Waals surface area contributed by atoms with Crippen molar-refractivity contribution in [2.45, 2.75) is 6.92 Å². The summed E-state index contributed by atoms with van der Waals surface area (Å²) >= 11 is 3.37. The van der Waals surface area contributed by atoms with Crippen LogP contribution in [0.5, 0.6) is 17.2 Å². The van der Waals surface area contributed by atoms with Crippen molar-refractivity contribution in [3.8, 4) is 17.2 Å². The summed E-state index contributed by atoms with van der Waals surface area (Å²) in [4.78, 5) is 24.1. The van der Waals surface area contributed by atoms with E-state index in [9.17, 15) is 9.59 Å². The molecule has 0 fully saturated rings. The predicted molar refractivity (Wildman–Crippen MR) is 116 cm³/mol. The molecule has 0 unspecified atom stereocenters. The van der Waals surface area contributed by atoms with Gasteiger partial charge in [-0.15, -0.1) is 0 Å². The molecule has 2 aromatic rings. The predicted octanol–water partition coefficient (Wildman–Crippen LogP) is 3.55. The highest BCUT2D eigenvalue weighted by molar-refractivity contribution is 9.10. The number of amides is 2. The number of ether oxygens (including phenoxy) is 3. The highest BCUT2D eigenvalue weighted by Gasteiger charge is 2.12. The van der Waals surface area contributed by atoms with Crippen molar-refractivity contribution < 1.29 is 23.8 Å². The molecule has 0 heterocycles. The molecule has 8 heteroatoms. The van der Waals surface area contributed by atoms with Crippen LogP contribution in [-0.2, 0) is 9.59 Å². The number of benzene rings is 2. The van der Waals surface area contributed by atoms with E-state index >= 15 is 0 Å². The molecular formula is C21H23BrN2O5. The first-order chi connectivity index (χ1) is 13.9. The first-order valence-corrected chi connectivity index (χ1v) is 9.49. The van der Waals surface area contributed by atoms with Gasteiger partial charge >= 0.3 is 0 Å². The lowest BCUT2D eigenvalue weighted by molar-refractivity contribution is -0.121. The third kappa shape index (κ3) is 6.25. The summed E-state index contributed by atoms with van der Waals surface area (Å²) in [6.07, 6.45) is 2.93. The lowest BCUT2D eigenvalue weighted by atomic mass is 10.1. The lowest BCUT2D eigenvalue weighted by Crippen LogP contribution is -2.31. The number of anilines is 1. The summed E-state index contributed by atoms with van der Waals surface area (Å²) in [6.45, 7) is 1.74. The molecule has 0 aliphatic carbocycles. The summed E-state index contributed by atoms with van der Waals surface area (Å²) < 4.78 is 16.8. The number of nitrogens with one attached hydrogen (secondary N) is 2. The van der Waals surface area contributed by atoms with E-state index in [0.717, 1.165) is 10.0 Å². The first-order valence-electron chi connectivity index (χ1n) is 8.69. The molecule has 154 valence electrons. The van der Waals surface area contributed by atoms with E-state index in [4.69, 9.17) is 14.2 Å². The Hall–Kier alpha value is -3.00. The zero-order valence-electron chi connectivity index (χ0n) is 16.7. The number of carbonyl (C=O) groups is 2. The number of carbonyl (C=O) groups excluding carboxylic acids is 2. The highest BCUT2D eigenvalue weighted by Crippen LogP contribution is 2.38. The second kappa shape index (κ2) is 10.5. The van der Waals surface area contributed by atoms with E-state index in [0.29, 0.717) is 28.5 Å². The van der Waals surface area contributed by atoms with Gasteiger partial charge in [-0.25, -0.2) is 0 Å². The molecule has 0 bridgehead atoms. The Balaban J connectivity index is 1.96. The quantitative estimate of drug-likeness (QED) is 0.585. The summed E-state index contributed by atoms with van der Waals surface area (Å²) in [6, 6.07) is 8.96. The Bertz CT molecular complexity index is 902. The van der Waals surface area contributed by atoms with Crippen molar-refractivity contribution in [1.29, 1.82) is 0 Å². The van der Waals surface area contributed by atoms with Crippen LogP contribution in [0.2, 0.25) is 0 Å². The average molecular weight is 463 g/mol. The number of hydrogen-bond donors (Lipinski definition) is 2. The molecule has 2 rings (SSSR count). The van der Waals surface area contributed by atoms with E-state index in [1.54, 1.807) is 24.3 Å². The van der Waals surface area contributed by atoms with Crippen molar-refractivity contribution in [2.24, 2.45) is 0 Å². The molecule has 0 saturated heterocycles. The van der Waals surface area contributed by atoms with E-state index in [2.05, 4.69) is 26.6 Å². The van der Waals surface area contributed by atoms with Gasteiger partial charge in [0.1, 0.15) is 0 Å². The van der Waals surface area contributed by atoms with Crippen molar-refractivity contribution >= 4 is 39.5 Å². The average Bonchev–Trinajstić information content (AvgIpc) is 2.71. The molecule has 29 heavy (non-hydrogen) atoms. The van der Waals surface area contributed by atoms with Crippen LogP contribution in [0, 0.1) is 6.92 Å². The van der Waals surface area contributed by atoms with Gasteiger partial charge in [0.25, 0.3) is 0 Å². The van der Waals surface area contributed by atoms with Gasteiger partial charge in [0.05, 0.1) is 27.9 Å². The minimum atomic E-state index is -0.401. The minimum Gasteiger partial charge on any atom is -0.493 e. The van der Waals surface area contributed by atoms with E-state index < -0.39 is 5.91 Å². The number of hydrogen-bond acceptors (Lipinski definition) is 5. The summed E-state index contributed by atoms with van der Waals surface area (Å²) in [5, 5.41) is 5.31. The van der Waals surface area contributed by atoms with Crippen LogP contribution in [0.15, 0.2) is 40.9 Å². The summed E-state index contributed by atoms with van der Waals surface area (Å²) in [7, 11) is 4.55. The first kappa shape index (κ1) is 22.3. The van der Waals surface area contributed by atoms with Crippen LogP contribution in [-0.4, -0.2) is 39.7 Å². The third-order valence-corrected chi connectivity index (χ3v) is 4.49. The molecule has 2 aromatic carbocycles. The van der Waals surface area contributed by atoms with Gasteiger partial charge in [-0.05, 0) is 54.5 Å². The minimum absolute atomic E-state index is 0.145. The SMILES string of the molecule is COc1cc(/C=C/C(=O)NCC(=O)Nc2ccc(Br)cc2C)cc(OC)c1OC. The smallest absolute Gasteiger partial charge is 0.244 e. The van der Waals surface area contributed by atoms with Gasteiger partial charge in [0.15, 0.2) is 11.5 Å². The van der Waals surface area contributed by atoms with Crippen molar-refractivity contribution in [1.82, 2.24) is 5.32 Å². The van der Waals surface area contributed by atoms with Crippen molar-refractivity contribution in [3.63, 3.8) is 0 Å². The standard InChI is InChI=1S/C21H23BrN2O5/c1-13-9-15(22)6-7-16(13)24-20(26)12-23-19(25)8-5-14-10-17(27-2)21(29-4)18(11-14)28-3/h5-11H,12H2,1-4H3,(H,23,25)(H,24,26)/b8-5+. The summed E-state index contributed by atoms with van der Waals surface area (Å²) in [5.74, 6) is 0.718. The molecule has 2 amide bonds. The molecule has 0 spiro atoms. The monoisotopic (exact) mass is 462 g/mol. The van der Waals surface area contributed by atoms with E-state index in [-0.39, 0.29) is 12.5 Å². The molecule has 0 aromatic heterocycles. The Labute approximate surface area is 178 Å². The second-order valence-electron chi connectivity index (χ2n) is 6.02. The summed E-state index contributed by atoms with van der Waals surface area (Å²) in [5.41, 5.74) is 2.30. The maximum atomic E-state index is 12.1. The van der Waals surface area contributed by atoms with Crippen LogP contribution in [0.4, 0.5) is 5.69 Å². The highest BCUT2D eigenvalue weighted by atomic mass is 79.9. The van der Waals surface area contributed by atoms with Crippen molar-refractivity contribution in [3.05, 3.63) is 52.0 Å². The number of rotatable bonds is 8. The number of aryl methyl sites for hydroxylation is 1. The molecule has 2 N–H and O–H groups in total. The topological polar surface area (TPSA) is 85.9 Å². The molecule has 0 saturated carbocycles. The molecule has 0 aliphatic heterocycles. The van der Waals surface area contributed by atoms with Crippen LogP contribution >= 0.6 is 15.9 Å². The lowest BCUT2D eigenvalue weighted by Gasteiger charge is -2.12. The molecular weight excluding hydrogens is 440 g/mol. The van der Waals surface area contributed by atoms with Gasteiger partial charge < -0.3 is 24.8 Å². The third-order valence-electron chi connectivity index (χ3n) is 4.00. The molecule has 7 nitrogen and oxygen atoms in total. The van der Waals surface area contributed by atoms with Gasteiger partial charge in [-0.1, -0.05) is 15.9 Å². The fourth-order valence-corrected chi connectivity index (χ4v) is 3.03. The Kier molecular flexibility index (Phi) is 8.09. The van der Waals surface area contributed by atoms with Gasteiger partial charge in [-0.3, -0.25) is 9.59 Å². The van der Waals surface area contributed by atoms with Crippen LogP contribution in [0.25, 0.3) is 6.08 Å². The van der Waals surface area contributed by atoms with Gasteiger partial charge in [0, 0.05) is 16.2 Å². The second-order valence-corrected chi connectivity index (χ2v) is 6.93. The number of halogens is 1. The van der Waals surface area contributed by atoms with E-state index in [1.165, 1.54) is 27.4 Å². The van der Waals surface area contributed by atoms with Crippen LogP contribution in [0.3, 0.4) is 0 Å². The van der Waals surface area contributed by atoms with Crippen LogP contribution < -0.4 is 24.8 Å². The maximum absolute atomic E-state index is 12.1. The van der Waals surface area contributed by atoms with Crippen LogP contribution in [0.1, 0.15) is 11.1 Å². The normalized spacial score (nSPS) is 10.5. The van der Waals surface area contributed by atoms with Gasteiger partial charge in [-0.2, -0.15) is 0 Å². The number of methoxy groups -OCH3 is 3. The Morgan fingerprint density at radius 1 is 1.03 bits per heavy atom. The van der Waals surface area contributed by atoms with Gasteiger partial charge in [0.2, 0.25) is 17.6 Å². The van der Waals surface area contributed by atoms with Crippen molar-refractivity contribution in [2.75, 3.05) is 33.2 Å². The fraction of sp³-hybridized carbons (Fsp3) is 0.238. The maximum Gasteiger partial charge on any atom is 0.244 e. The molecule has 0 radical (unpaired) electrons. The zero-order valence-corrected chi connectivity index (χ0v) is 18.3. The Morgan fingerprint density at radius 3 is 2.24 bits per heavy atom. The Morgan fingerprint density at radius 2 is 1.69 bits per heavy atom. The largest absolute Gasteiger partial charge is 0.493 e. The fourth-order valence-electron chi connectivity index (χ4n) is 2.56. The molecule has 0 atom stereocenters. The van der Waals surface area contributed by atoms with E-state index in [1.807, 2.05) is 19.1 Å². The molecule has 0 aliphatic rings.